The number of para-hydroxylation sites is 1. The van der Waals surface area contributed by atoms with E-state index in [1.165, 1.54) is 29.2 Å². The molecule has 0 bridgehead atoms. The van der Waals surface area contributed by atoms with Gasteiger partial charge in [-0.1, -0.05) is 18.2 Å². The van der Waals surface area contributed by atoms with Gasteiger partial charge in [0.2, 0.25) is 5.60 Å². The Balaban J connectivity index is 1.47. The summed E-state index contributed by atoms with van der Waals surface area (Å²) in [6.07, 6.45) is 2.46. The minimum Gasteiger partial charge on any atom is -0.493 e. The second-order valence-corrected chi connectivity index (χ2v) is 12.6. The van der Waals surface area contributed by atoms with E-state index in [-0.39, 0.29) is 53.5 Å². The van der Waals surface area contributed by atoms with Crippen LogP contribution in [0.15, 0.2) is 96.2 Å². The number of nitrogens with zero attached hydrogens (tertiary/aromatic N) is 6. The molecule has 1 atom stereocenters. The SMILES string of the molecule is CCOc1ccccc1C1(OC(=O)N2CCN(c3ccncc3)CC2)C(=O)N(S(=O)(=O)c2ccc([N+](=O)[O-])cc2)c2ccc(C#N)cc21. The highest BCUT2D eigenvalue weighted by atomic mass is 32.2. The average Bonchev–Trinajstić information content (AvgIpc) is 3.36. The molecule has 14 nitrogen and oxygen atoms in total. The number of hydrogen-bond acceptors (Lipinski definition) is 11. The van der Waals surface area contributed by atoms with E-state index in [0.717, 1.165) is 30.0 Å². The Morgan fingerprint density at radius 1 is 1.00 bits per heavy atom. The van der Waals surface area contributed by atoms with Crippen LogP contribution in [-0.4, -0.2) is 68.0 Å². The summed E-state index contributed by atoms with van der Waals surface area (Å²) in [5.41, 5.74) is -1.90. The van der Waals surface area contributed by atoms with E-state index in [4.69, 9.17) is 9.47 Å². The molecule has 0 spiro atoms. The number of sulfonamides is 1. The molecule has 15 heteroatoms. The van der Waals surface area contributed by atoms with E-state index in [2.05, 4.69) is 9.88 Å². The average molecular weight is 669 g/mol. The topological polar surface area (TPSA) is 176 Å². The predicted octanol–water partition coefficient (Wildman–Crippen LogP) is 4.20. The largest absolute Gasteiger partial charge is 0.493 e. The highest BCUT2D eigenvalue weighted by molar-refractivity contribution is 7.93. The molecule has 1 fully saturated rings. The van der Waals surface area contributed by atoms with Crippen molar-refractivity contribution in [2.24, 2.45) is 0 Å². The van der Waals surface area contributed by atoms with Gasteiger partial charge in [0.1, 0.15) is 5.75 Å². The van der Waals surface area contributed by atoms with Crippen LogP contribution < -0.4 is 13.9 Å². The van der Waals surface area contributed by atoms with E-state index < -0.39 is 37.4 Å². The minimum atomic E-state index is -4.75. The lowest BCUT2D eigenvalue weighted by Crippen LogP contribution is -2.53. The second kappa shape index (κ2) is 12.6. The van der Waals surface area contributed by atoms with Gasteiger partial charge in [0, 0.05) is 62.0 Å². The molecule has 1 saturated heterocycles. The summed E-state index contributed by atoms with van der Waals surface area (Å²) in [6, 6.07) is 20.0. The number of carbonyl (C=O) groups is 2. The van der Waals surface area contributed by atoms with Gasteiger partial charge in [-0.2, -0.15) is 9.57 Å². The first-order valence-electron chi connectivity index (χ1n) is 14.9. The van der Waals surface area contributed by atoms with E-state index in [1.807, 2.05) is 18.2 Å². The van der Waals surface area contributed by atoms with Gasteiger partial charge in [-0.15, -0.1) is 0 Å². The van der Waals surface area contributed by atoms with Crippen LogP contribution in [0.1, 0.15) is 23.6 Å². The summed E-state index contributed by atoms with van der Waals surface area (Å²) < 4.78 is 41.0. The summed E-state index contributed by atoms with van der Waals surface area (Å²) in [5, 5.41) is 21.1. The van der Waals surface area contributed by atoms with Crippen LogP contribution in [0.3, 0.4) is 0 Å². The summed E-state index contributed by atoms with van der Waals surface area (Å²) in [4.78, 5) is 46.6. The Morgan fingerprint density at radius 2 is 1.69 bits per heavy atom. The number of nitriles is 1. The van der Waals surface area contributed by atoms with Crippen LogP contribution in [0.4, 0.5) is 21.9 Å². The number of piperazine rings is 1. The third-order valence-corrected chi connectivity index (χ3v) is 9.88. The Morgan fingerprint density at radius 3 is 2.33 bits per heavy atom. The maximum absolute atomic E-state index is 14.9. The van der Waals surface area contributed by atoms with Crippen molar-refractivity contribution in [3.8, 4) is 11.8 Å². The van der Waals surface area contributed by atoms with Gasteiger partial charge in [-0.3, -0.25) is 19.9 Å². The van der Waals surface area contributed by atoms with Gasteiger partial charge in [0.25, 0.3) is 21.6 Å². The van der Waals surface area contributed by atoms with Crippen LogP contribution in [0.5, 0.6) is 5.75 Å². The van der Waals surface area contributed by atoms with E-state index in [1.54, 1.807) is 37.5 Å². The molecule has 1 aromatic heterocycles. The molecule has 2 amide bonds. The number of hydrogen-bond donors (Lipinski definition) is 0. The molecule has 1 unspecified atom stereocenters. The zero-order chi connectivity index (χ0) is 34.1. The number of benzene rings is 3. The summed E-state index contributed by atoms with van der Waals surface area (Å²) in [5.74, 6) is -0.992. The number of ether oxygens (including phenoxy) is 2. The van der Waals surface area contributed by atoms with Crippen molar-refractivity contribution in [3.63, 3.8) is 0 Å². The van der Waals surface area contributed by atoms with Crippen LogP contribution in [0.2, 0.25) is 0 Å². The maximum atomic E-state index is 14.9. The van der Waals surface area contributed by atoms with Gasteiger partial charge in [-0.05, 0) is 55.5 Å². The number of amides is 2. The molecule has 2 aliphatic heterocycles. The van der Waals surface area contributed by atoms with Crippen molar-refractivity contribution in [3.05, 3.63) is 118 Å². The molecule has 0 N–H and O–H groups in total. The quantitative estimate of drug-likeness (QED) is 0.194. The second-order valence-electron chi connectivity index (χ2n) is 10.8. The summed E-state index contributed by atoms with van der Waals surface area (Å²) >= 11 is 0. The third kappa shape index (κ3) is 5.41. The summed E-state index contributed by atoms with van der Waals surface area (Å²) in [6.45, 7) is 3.25. The number of non-ortho nitro benzene ring substituents is 1. The third-order valence-electron chi connectivity index (χ3n) is 8.17. The van der Waals surface area contributed by atoms with Crippen LogP contribution in [0.25, 0.3) is 0 Å². The number of aromatic nitrogens is 1. The highest BCUT2D eigenvalue weighted by Gasteiger charge is 2.61. The van der Waals surface area contributed by atoms with Crippen LogP contribution in [-0.2, 0) is 25.2 Å². The normalized spacial score (nSPS) is 17.4. The highest BCUT2D eigenvalue weighted by Crippen LogP contribution is 2.52. The number of nitro benzene ring substituents is 1. The smallest absolute Gasteiger partial charge is 0.411 e. The number of fused-ring (bicyclic) bond motifs is 1. The Labute approximate surface area is 275 Å². The summed E-state index contributed by atoms with van der Waals surface area (Å²) in [7, 11) is -4.75. The van der Waals surface area contributed by atoms with Crippen molar-refractivity contribution in [1.29, 1.82) is 5.26 Å². The van der Waals surface area contributed by atoms with E-state index >= 15 is 0 Å². The number of anilines is 2. The predicted molar refractivity (Wildman–Crippen MR) is 172 cm³/mol. The molecule has 3 heterocycles. The van der Waals surface area contributed by atoms with E-state index in [0.29, 0.717) is 17.4 Å². The number of rotatable bonds is 8. The number of pyridine rings is 1. The Hall–Kier alpha value is -6.01. The number of nitro groups is 1. The lowest BCUT2D eigenvalue weighted by molar-refractivity contribution is -0.384. The minimum absolute atomic E-state index is 0.0540. The zero-order valence-corrected chi connectivity index (χ0v) is 26.4. The molecule has 0 radical (unpaired) electrons. The van der Waals surface area contributed by atoms with Gasteiger partial charge in [0.15, 0.2) is 0 Å². The van der Waals surface area contributed by atoms with Crippen LogP contribution >= 0.6 is 0 Å². The standard InChI is InChI=1S/C33H28N6O8S/c1-2-46-30-6-4-3-5-27(30)33(47-32(41)37-19-17-36(18-20-37)24-13-15-35-16-14-24)28-21-23(22-34)7-12-29(28)38(31(33)40)48(44,45)26-10-8-25(9-11-26)39(42)43/h3-16,21H,2,17-20H2,1H3. The first-order chi connectivity index (χ1) is 23.1. The fourth-order valence-electron chi connectivity index (χ4n) is 5.87. The maximum Gasteiger partial charge on any atom is 0.411 e. The molecular formula is C33H28N6O8S. The molecule has 0 saturated carbocycles. The van der Waals surface area contributed by atoms with Crippen molar-refractivity contribution in [2.75, 3.05) is 42.0 Å². The monoisotopic (exact) mass is 668 g/mol. The fraction of sp³-hybridized carbons (Fsp3) is 0.212. The Kier molecular flexibility index (Phi) is 8.42. The molecule has 48 heavy (non-hydrogen) atoms. The Bertz CT molecular complexity index is 2040. The molecule has 6 rings (SSSR count). The van der Waals surface area contributed by atoms with Crippen molar-refractivity contribution >= 4 is 39.1 Å². The van der Waals surface area contributed by atoms with Crippen molar-refractivity contribution < 1.29 is 32.4 Å². The van der Waals surface area contributed by atoms with Gasteiger partial charge >= 0.3 is 6.09 Å². The lowest BCUT2D eigenvalue weighted by atomic mass is 9.85. The lowest BCUT2D eigenvalue weighted by Gasteiger charge is -2.38. The van der Waals surface area contributed by atoms with Crippen molar-refractivity contribution in [2.45, 2.75) is 17.4 Å². The number of carbonyl (C=O) groups excluding carboxylic acids is 2. The molecule has 3 aromatic carbocycles. The first-order valence-corrected chi connectivity index (χ1v) is 16.3. The van der Waals surface area contributed by atoms with Crippen LogP contribution in [0, 0.1) is 21.4 Å². The molecule has 4 aromatic rings. The fourth-order valence-corrected chi connectivity index (χ4v) is 7.32. The molecule has 2 aliphatic rings. The molecule has 0 aliphatic carbocycles. The van der Waals surface area contributed by atoms with Gasteiger partial charge in [-0.25, -0.2) is 13.2 Å². The molecule has 244 valence electrons. The molecular weight excluding hydrogens is 640 g/mol. The first kappa shape index (κ1) is 32.0. The van der Waals surface area contributed by atoms with Crippen molar-refractivity contribution in [1.82, 2.24) is 9.88 Å². The zero-order valence-electron chi connectivity index (χ0n) is 25.6. The van der Waals surface area contributed by atoms with Gasteiger partial charge in [0.05, 0.1) is 39.3 Å². The van der Waals surface area contributed by atoms with E-state index in [9.17, 15) is 33.4 Å². The van der Waals surface area contributed by atoms with Gasteiger partial charge < -0.3 is 19.3 Å².